The van der Waals surface area contributed by atoms with Crippen molar-refractivity contribution in [1.82, 2.24) is 0 Å². The van der Waals surface area contributed by atoms with Crippen LogP contribution in [0.25, 0.3) is 0 Å². The van der Waals surface area contributed by atoms with Gasteiger partial charge in [-0.2, -0.15) is 0 Å². The summed E-state index contributed by atoms with van der Waals surface area (Å²) in [5.74, 6) is -0.00346. The first kappa shape index (κ1) is 15.6. The zero-order valence-electron chi connectivity index (χ0n) is 13.1. The van der Waals surface area contributed by atoms with Gasteiger partial charge in [0, 0.05) is 24.5 Å². The highest BCUT2D eigenvalue weighted by molar-refractivity contribution is 5.92. The normalized spacial score (nSPS) is 17.0. The predicted molar refractivity (Wildman–Crippen MR) is 92.7 cm³/mol. The van der Waals surface area contributed by atoms with E-state index in [9.17, 15) is 4.79 Å². The Morgan fingerprint density at radius 1 is 1.04 bits per heavy atom. The van der Waals surface area contributed by atoms with Crippen molar-refractivity contribution in [2.75, 3.05) is 23.8 Å². The topological polar surface area (TPSA) is 50.4 Å². The smallest absolute Gasteiger partial charge is 0.228 e. The number of ether oxygens (including phenoxy) is 1. The van der Waals surface area contributed by atoms with E-state index in [0.29, 0.717) is 12.5 Å². The van der Waals surface area contributed by atoms with E-state index in [1.807, 2.05) is 54.6 Å². The number of carbonyl (C=O) groups excluding carboxylic acids is 1. The number of benzene rings is 2. The van der Waals surface area contributed by atoms with Crippen molar-refractivity contribution < 1.29 is 9.53 Å². The molecule has 4 heteroatoms. The molecule has 4 nitrogen and oxygen atoms in total. The van der Waals surface area contributed by atoms with Crippen molar-refractivity contribution in [2.24, 2.45) is 0 Å². The minimum atomic E-state index is -0.00346. The Balaban J connectivity index is 1.47. The van der Waals surface area contributed by atoms with Gasteiger partial charge in [0.15, 0.2) is 0 Å². The third-order valence-electron chi connectivity index (χ3n) is 3.93. The van der Waals surface area contributed by atoms with Gasteiger partial charge in [0.2, 0.25) is 5.91 Å². The van der Waals surface area contributed by atoms with Crippen molar-refractivity contribution in [3.63, 3.8) is 0 Å². The number of hydrogen-bond acceptors (Lipinski definition) is 3. The lowest BCUT2D eigenvalue weighted by atomic mass is 10.1. The molecule has 2 N–H and O–H groups in total. The summed E-state index contributed by atoms with van der Waals surface area (Å²) in [6.45, 7) is 1.71. The van der Waals surface area contributed by atoms with Crippen molar-refractivity contribution >= 4 is 17.3 Å². The van der Waals surface area contributed by atoms with E-state index in [1.165, 1.54) is 0 Å². The van der Waals surface area contributed by atoms with Gasteiger partial charge < -0.3 is 15.4 Å². The molecule has 1 atom stereocenters. The Morgan fingerprint density at radius 2 is 1.78 bits per heavy atom. The average Bonchev–Trinajstić information content (AvgIpc) is 3.08. The Kier molecular flexibility index (Phi) is 5.27. The second-order valence-electron chi connectivity index (χ2n) is 5.80. The van der Waals surface area contributed by atoms with Crippen LogP contribution in [0.1, 0.15) is 18.4 Å². The van der Waals surface area contributed by atoms with Crippen LogP contribution in [0.4, 0.5) is 11.4 Å². The van der Waals surface area contributed by atoms with Gasteiger partial charge in [0.25, 0.3) is 0 Å². The number of rotatable bonds is 6. The standard InChI is InChI=1S/C19H22N2O2/c22-19(13-15-5-2-1-3-6-15)21-17-10-8-16(9-11-17)20-14-18-7-4-12-23-18/h1-3,5-6,8-11,18,20H,4,7,12-14H2,(H,21,22). The van der Waals surface area contributed by atoms with Crippen molar-refractivity contribution in [3.05, 3.63) is 60.2 Å². The second-order valence-corrected chi connectivity index (χ2v) is 5.80. The van der Waals surface area contributed by atoms with Crippen LogP contribution in [0.5, 0.6) is 0 Å². The van der Waals surface area contributed by atoms with Crippen LogP contribution in [-0.2, 0) is 16.0 Å². The van der Waals surface area contributed by atoms with Crippen molar-refractivity contribution in [2.45, 2.75) is 25.4 Å². The molecule has 0 saturated carbocycles. The molecule has 1 aliphatic heterocycles. The minimum absolute atomic E-state index is 0.00346. The molecule has 1 saturated heterocycles. The quantitative estimate of drug-likeness (QED) is 0.859. The maximum Gasteiger partial charge on any atom is 0.228 e. The summed E-state index contributed by atoms with van der Waals surface area (Å²) in [7, 11) is 0. The van der Waals surface area contributed by atoms with Gasteiger partial charge in [-0.3, -0.25) is 4.79 Å². The van der Waals surface area contributed by atoms with E-state index in [1.54, 1.807) is 0 Å². The van der Waals surface area contributed by atoms with Gasteiger partial charge in [-0.15, -0.1) is 0 Å². The molecule has 1 aliphatic rings. The summed E-state index contributed by atoms with van der Waals surface area (Å²) in [4.78, 5) is 12.0. The molecule has 0 bridgehead atoms. The number of carbonyl (C=O) groups is 1. The molecule has 120 valence electrons. The zero-order valence-corrected chi connectivity index (χ0v) is 13.1. The van der Waals surface area contributed by atoms with E-state index in [4.69, 9.17) is 4.74 Å². The van der Waals surface area contributed by atoms with Crippen molar-refractivity contribution in [1.29, 1.82) is 0 Å². The molecular weight excluding hydrogens is 288 g/mol. The van der Waals surface area contributed by atoms with Crippen LogP contribution < -0.4 is 10.6 Å². The van der Waals surface area contributed by atoms with Crippen LogP contribution in [0.2, 0.25) is 0 Å². The van der Waals surface area contributed by atoms with E-state index in [2.05, 4.69) is 10.6 Å². The van der Waals surface area contributed by atoms with Crippen LogP contribution in [0, 0.1) is 0 Å². The highest BCUT2D eigenvalue weighted by Crippen LogP contribution is 2.16. The highest BCUT2D eigenvalue weighted by atomic mass is 16.5. The largest absolute Gasteiger partial charge is 0.382 e. The molecule has 1 heterocycles. The fourth-order valence-electron chi connectivity index (χ4n) is 2.69. The number of amides is 1. The summed E-state index contributed by atoms with van der Waals surface area (Å²) in [5, 5.41) is 6.29. The molecule has 1 fully saturated rings. The molecule has 2 aromatic rings. The summed E-state index contributed by atoms with van der Waals surface area (Å²) in [6, 6.07) is 17.5. The fourth-order valence-corrected chi connectivity index (χ4v) is 2.69. The Morgan fingerprint density at radius 3 is 2.48 bits per heavy atom. The van der Waals surface area contributed by atoms with Crippen molar-refractivity contribution in [3.8, 4) is 0 Å². The van der Waals surface area contributed by atoms with E-state index in [-0.39, 0.29) is 5.91 Å². The zero-order chi connectivity index (χ0) is 15.9. The molecule has 2 aromatic carbocycles. The van der Waals surface area contributed by atoms with Gasteiger partial charge in [-0.1, -0.05) is 30.3 Å². The third kappa shape index (κ3) is 4.83. The van der Waals surface area contributed by atoms with E-state index in [0.717, 1.165) is 42.9 Å². The monoisotopic (exact) mass is 310 g/mol. The number of hydrogen-bond donors (Lipinski definition) is 2. The minimum Gasteiger partial charge on any atom is -0.382 e. The van der Waals surface area contributed by atoms with E-state index >= 15 is 0 Å². The summed E-state index contributed by atoms with van der Waals surface area (Å²) in [6.07, 6.45) is 2.99. The van der Waals surface area contributed by atoms with Gasteiger partial charge in [0.05, 0.1) is 12.5 Å². The van der Waals surface area contributed by atoms with Crippen LogP contribution >= 0.6 is 0 Å². The van der Waals surface area contributed by atoms with Crippen LogP contribution in [0.15, 0.2) is 54.6 Å². The molecule has 0 aliphatic carbocycles. The SMILES string of the molecule is O=C(Cc1ccccc1)Nc1ccc(NCC2CCCO2)cc1. The number of nitrogens with one attached hydrogen (secondary N) is 2. The predicted octanol–water partition coefficient (Wildman–Crippen LogP) is 3.46. The third-order valence-corrected chi connectivity index (χ3v) is 3.93. The molecule has 0 aromatic heterocycles. The Hall–Kier alpha value is -2.33. The maximum atomic E-state index is 12.0. The van der Waals surface area contributed by atoms with Crippen LogP contribution in [-0.4, -0.2) is 25.2 Å². The second kappa shape index (κ2) is 7.79. The summed E-state index contributed by atoms with van der Waals surface area (Å²) >= 11 is 0. The van der Waals surface area contributed by atoms with Crippen LogP contribution in [0.3, 0.4) is 0 Å². The molecule has 3 rings (SSSR count). The average molecular weight is 310 g/mol. The highest BCUT2D eigenvalue weighted by Gasteiger charge is 2.14. The molecule has 23 heavy (non-hydrogen) atoms. The first-order chi connectivity index (χ1) is 11.3. The molecule has 1 unspecified atom stereocenters. The van der Waals surface area contributed by atoms with Gasteiger partial charge in [-0.05, 0) is 42.7 Å². The molecule has 0 radical (unpaired) electrons. The molecule has 0 spiro atoms. The lowest BCUT2D eigenvalue weighted by Crippen LogP contribution is -2.18. The summed E-state index contributed by atoms with van der Waals surface area (Å²) in [5.41, 5.74) is 2.87. The van der Waals surface area contributed by atoms with E-state index < -0.39 is 0 Å². The van der Waals surface area contributed by atoms with Gasteiger partial charge >= 0.3 is 0 Å². The molecule has 1 amide bonds. The molecular formula is C19H22N2O2. The van der Waals surface area contributed by atoms with Gasteiger partial charge in [-0.25, -0.2) is 0 Å². The lowest BCUT2D eigenvalue weighted by molar-refractivity contribution is -0.115. The Labute approximate surface area is 136 Å². The number of anilines is 2. The fraction of sp³-hybridized carbons (Fsp3) is 0.316. The first-order valence-corrected chi connectivity index (χ1v) is 8.09. The van der Waals surface area contributed by atoms with Gasteiger partial charge in [0.1, 0.15) is 0 Å². The first-order valence-electron chi connectivity index (χ1n) is 8.09. The lowest BCUT2D eigenvalue weighted by Gasteiger charge is -2.12. The maximum absolute atomic E-state index is 12.0. The summed E-state index contributed by atoms with van der Waals surface area (Å²) < 4.78 is 5.59. The Bertz CT molecular complexity index is 620.